The van der Waals surface area contributed by atoms with Crippen LogP contribution in [0.5, 0.6) is 0 Å². The van der Waals surface area contributed by atoms with E-state index in [1.165, 1.54) is 0 Å². The minimum absolute atomic E-state index is 0.123. The van der Waals surface area contributed by atoms with Gasteiger partial charge in [0.2, 0.25) is 0 Å². The second-order valence-corrected chi connectivity index (χ2v) is 4.72. The number of rotatable bonds is 7. The fourth-order valence-electron chi connectivity index (χ4n) is 1.57. The van der Waals surface area contributed by atoms with E-state index >= 15 is 0 Å². The number of carbonyl (C=O) groups is 1. The van der Waals surface area contributed by atoms with Crippen LogP contribution in [0.25, 0.3) is 0 Å². The highest BCUT2D eigenvalue weighted by Crippen LogP contribution is 2.08. The third-order valence-corrected chi connectivity index (χ3v) is 2.79. The van der Waals surface area contributed by atoms with Gasteiger partial charge in [-0.05, 0) is 31.9 Å². The molecular weight excluding hydrogens is 242 g/mol. The number of aromatic nitrogens is 1. The third-order valence-electron chi connectivity index (χ3n) is 2.79. The fraction of sp³-hybridized carbons (Fsp3) is 0.571. The van der Waals surface area contributed by atoms with Crippen LogP contribution in [0.4, 0.5) is 5.69 Å². The fourth-order valence-corrected chi connectivity index (χ4v) is 1.57. The van der Waals surface area contributed by atoms with Gasteiger partial charge >= 0.3 is 0 Å². The van der Waals surface area contributed by atoms with Crippen molar-refractivity contribution in [2.75, 3.05) is 25.5 Å². The van der Waals surface area contributed by atoms with Gasteiger partial charge in [-0.3, -0.25) is 4.79 Å². The van der Waals surface area contributed by atoms with E-state index in [-0.39, 0.29) is 5.91 Å². The number of hydrogen-bond acceptors (Lipinski definition) is 4. The SMILES string of the molecule is CCCNc1ccc(C(=O)N(C)CCC(C)O)nc1. The predicted octanol–water partition coefficient (Wildman–Crippen LogP) is 1.75. The summed E-state index contributed by atoms with van der Waals surface area (Å²) < 4.78 is 0. The Balaban J connectivity index is 2.56. The van der Waals surface area contributed by atoms with Crippen molar-refractivity contribution < 1.29 is 9.90 Å². The van der Waals surface area contributed by atoms with Gasteiger partial charge in [0.25, 0.3) is 5.91 Å². The molecule has 0 aliphatic rings. The van der Waals surface area contributed by atoms with Crippen LogP contribution in [-0.4, -0.2) is 47.1 Å². The molecule has 5 nitrogen and oxygen atoms in total. The average molecular weight is 265 g/mol. The zero-order chi connectivity index (χ0) is 14.3. The van der Waals surface area contributed by atoms with Crippen molar-refractivity contribution in [2.24, 2.45) is 0 Å². The second kappa shape index (κ2) is 7.74. The van der Waals surface area contributed by atoms with Crippen molar-refractivity contribution in [3.63, 3.8) is 0 Å². The first-order valence-electron chi connectivity index (χ1n) is 6.68. The maximum atomic E-state index is 12.0. The second-order valence-electron chi connectivity index (χ2n) is 4.72. The first-order valence-corrected chi connectivity index (χ1v) is 6.68. The van der Waals surface area contributed by atoms with Crippen molar-refractivity contribution >= 4 is 11.6 Å². The van der Waals surface area contributed by atoms with E-state index in [2.05, 4.69) is 17.2 Å². The number of pyridine rings is 1. The molecule has 0 spiro atoms. The van der Waals surface area contributed by atoms with Gasteiger partial charge in [0.05, 0.1) is 18.0 Å². The van der Waals surface area contributed by atoms with Crippen molar-refractivity contribution in [1.82, 2.24) is 9.88 Å². The molecule has 0 radical (unpaired) electrons. The van der Waals surface area contributed by atoms with Gasteiger partial charge in [-0.1, -0.05) is 6.92 Å². The monoisotopic (exact) mass is 265 g/mol. The minimum atomic E-state index is -0.399. The highest BCUT2D eigenvalue weighted by Gasteiger charge is 2.13. The van der Waals surface area contributed by atoms with Crippen molar-refractivity contribution in [2.45, 2.75) is 32.8 Å². The highest BCUT2D eigenvalue weighted by molar-refractivity contribution is 5.92. The largest absolute Gasteiger partial charge is 0.393 e. The van der Waals surface area contributed by atoms with Crippen LogP contribution in [0.1, 0.15) is 37.2 Å². The molecule has 2 N–H and O–H groups in total. The Bertz CT molecular complexity index is 390. The number of nitrogens with zero attached hydrogens (tertiary/aromatic N) is 2. The average Bonchev–Trinajstić information content (AvgIpc) is 2.42. The Morgan fingerprint density at radius 2 is 2.26 bits per heavy atom. The zero-order valence-corrected chi connectivity index (χ0v) is 11.9. The number of hydrogen-bond donors (Lipinski definition) is 2. The lowest BCUT2D eigenvalue weighted by atomic mass is 10.2. The van der Waals surface area contributed by atoms with Gasteiger partial charge in [0.15, 0.2) is 0 Å². The van der Waals surface area contributed by atoms with Crippen LogP contribution in [0.3, 0.4) is 0 Å². The predicted molar refractivity (Wildman–Crippen MR) is 76.3 cm³/mol. The lowest BCUT2D eigenvalue weighted by Gasteiger charge is -2.17. The number of nitrogens with one attached hydrogen (secondary N) is 1. The number of carbonyl (C=O) groups excluding carboxylic acids is 1. The summed E-state index contributed by atoms with van der Waals surface area (Å²) in [6.07, 6.45) is 2.89. The van der Waals surface area contributed by atoms with Crippen molar-refractivity contribution in [3.8, 4) is 0 Å². The van der Waals surface area contributed by atoms with Crippen molar-refractivity contribution in [1.29, 1.82) is 0 Å². The molecule has 1 aromatic heterocycles. The Hall–Kier alpha value is -1.62. The highest BCUT2D eigenvalue weighted by atomic mass is 16.3. The Kier molecular flexibility index (Phi) is 6.29. The van der Waals surface area contributed by atoms with Crippen LogP contribution in [0, 0.1) is 0 Å². The molecule has 0 saturated heterocycles. The normalized spacial score (nSPS) is 12.0. The van der Waals surface area contributed by atoms with E-state index in [1.807, 2.05) is 6.07 Å². The van der Waals surface area contributed by atoms with Crippen LogP contribution < -0.4 is 5.32 Å². The first kappa shape index (κ1) is 15.4. The maximum absolute atomic E-state index is 12.0. The van der Waals surface area contributed by atoms with Crippen molar-refractivity contribution in [3.05, 3.63) is 24.0 Å². The summed E-state index contributed by atoms with van der Waals surface area (Å²) in [5.74, 6) is -0.123. The van der Waals surface area contributed by atoms with Crippen LogP contribution in [-0.2, 0) is 0 Å². The number of amides is 1. The molecule has 0 bridgehead atoms. The lowest BCUT2D eigenvalue weighted by Crippen LogP contribution is -2.30. The van der Waals surface area contributed by atoms with E-state index in [0.717, 1.165) is 18.7 Å². The number of anilines is 1. The molecule has 1 atom stereocenters. The van der Waals surface area contributed by atoms with Crippen LogP contribution in [0.15, 0.2) is 18.3 Å². The summed E-state index contributed by atoms with van der Waals surface area (Å²) in [6, 6.07) is 3.58. The first-order chi connectivity index (χ1) is 9.04. The molecule has 5 heteroatoms. The molecule has 0 aromatic carbocycles. The molecule has 1 amide bonds. The quantitative estimate of drug-likeness (QED) is 0.788. The molecule has 1 rings (SSSR count). The molecule has 19 heavy (non-hydrogen) atoms. The van der Waals surface area contributed by atoms with E-state index in [0.29, 0.717) is 18.7 Å². The Labute approximate surface area is 114 Å². The molecule has 1 heterocycles. The van der Waals surface area contributed by atoms with Gasteiger partial charge in [-0.15, -0.1) is 0 Å². The van der Waals surface area contributed by atoms with Gasteiger partial charge < -0.3 is 15.3 Å². The smallest absolute Gasteiger partial charge is 0.272 e. The third kappa shape index (κ3) is 5.26. The Morgan fingerprint density at radius 1 is 1.53 bits per heavy atom. The number of aliphatic hydroxyl groups excluding tert-OH is 1. The van der Waals surface area contributed by atoms with E-state index in [1.54, 1.807) is 31.1 Å². The summed E-state index contributed by atoms with van der Waals surface area (Å²) in [4.78, 5) is 17.8. The van der Waals surface area contributed by atoms with Gasteiger partial charge in [0, 0.05) is 20.1 Å². The molecule has 0 aliphatic carbocycles. The summed E-state index contributed by atoms with van der Waals surface area (Å²) in [5.41, 5.74) is 1.35. The molecule has 0 fully saturated rings. The van der Waals surface area contributed by atoms with Gasteiger partial charge in [-0.25, -0.2) is 4.98 Å². The van der Waals surface area contributed by atoms with E-state index in [9.17, 15) is 9.90 Å². The molecule has 1 aromatic rings. The number of aliphatic hydroxyl groups is 1. The van der Waals surface area contributed by atoms with E-state index < -0.39 is 6.10 Å². The summed E-state index contributed by atoms with van der Waals surface area (Å²) >= 11 is 0. The lowest BCUT2D eigenvalue weighted by molar-refractivity contribution is 0.0763. The Morgan fingerprint density at radius 3 is 2.79 bits per heavy atom. The summed E-state index contributed by atoms with van der Waals surface area (Å²) in [5, 5.41) is 12.4. The standard InChI is InChI=1S/C14H23N3O2/c1-4-8-15-12-5-6-13(16-10-12)14(19)17(3)9-7-11(2)18/h5-6,10-11,15,18H,4,7-9H2,1-3H3. The maximum Gasteiger partial charge on any atom is 0.272 e. The topological polar surface area (TPSA) is 65.5 Å². The van der Waals surface area contributed by atoms with Crippen LogP contribution >= 0.6 is 0 Å². The zero-order valence-electron chi connectivity index (χ0n) is 11.9. The molecule has 106 valence electrons. The molecule has 0 saturated carbocycles. The van der Waals surface area contributed by atoms with Crippen LogP contribution in [0.2, 0.25) is 0 Å². The summed E-state index contributed by atoms with van der Waals surface area (Å²) in [6.45, 7) is 5.22. The van der Waals surface area contributed by atoms with Gasteiger partial charge in [-0.2, -0.15) is 0 Å². The molecule has 0 aliphatic heterocycles. The molecular formula is C14H23N3O2. The minimum Gasteiger partial charge on any atom is -0.393 e. The van der Waals surface area contributed by atoms with E-state index in [4.69, 9.17) is 0 Å². The summed E-state index contributed by atoms with van der Waals surface area (Å²) in [7, 11) is 1.72. The molecule has 1 unspecified atom stereocenters. The van der Waals surface area contributed by atoms with Gasteiger partial charge in [0.1, 0.15) is 5.69 Å².